The number of hydrogen-bond acceptors (Lipinski definition) is 2. The van der Waals surface area contributed by atoms with E-state index in [9.17, 15) is 9.59 Å². The summed E-state index contributed by atoms with van der Waals surface area (Å²) in [6, 6.07) is 5.03. The monoisotopic (exact) mass is 332 g/mol. The second-order valence-electron chi connectivity index (χ2n) is 4.07. The first-order valence-electron chi connectivity index (χ1n) is 5.23. The van der Waals surface area contributed by atoms with Crippen molar-refractivity contribution in [2.45, 2.75) is 0 Å². The lowest BCUT2D eigenvalue weighted by molar-refractivity contribution is -0.129. The molecule has 0 fully saturated rings. The SMILES string of the molecule is CN(C)C(=O)CN(C)C(=O)c1cc(Br)ccc1Cl. The highest BCUT2D eigenvalue weighted by molar-refractivity contribution is 9.10. The number of carbonyl (C=O) groups excluding carboxylic acids is 2. The van der Waals surface area contributed by atoms with Crippen molar-refractivity contribution in [2.24, 2.45) is 0 Å². The maximum atomic E-state index is 12.1. The molecular weight excluding hydrogens is 320 g/mol. The fraction of sp³-hybridized carbons (Fsp3) is 0.333. The van der Waals surface area contributed by atoms with Crippen molar-refractivity contribution >= 4 is 39.3 Å². The number of rotatable bonds is 3. The van der Waals surface area contributed by atoms with Gasteiger partial charge in [0.1, 0.15) is 0 Å². The quantitative estimate of drug-likeness (QED) is 0.851. The van der Waals surface area contributed by atoms with Crippen molar-refractivity contribution in [3.63, 3.8) is 0 Å². The van der Waals surface area contributed by atoms with Gasteiger partial charge in [0.05, 0.1) is 17.1 Å². The molecule has 0 radical (unpaired) electrons. The molecule has 18 heavy (non-hydrogen) atoms. The van der Waals surface area contributed by atoms with Crippen LogP contribution in [-0.4, -0.2) is 49.3 Å². The van der Waals surface area contributed by atoms with Gasteiger partial charge in [-0.3, -0.25) is 9.59 Å². The van der Waals surface area contributed by atoms with Gasteiger partial charge in [-0.25, -0.2) is 0 Å². The smallest absolute Gasteiger partial charge is 0.255 e. The van der Waals surface area contributed by atoms with Gasteiger partial charge in [0, 0.05) is 25.6 Å². The third-order valence-electron chi connectivity index (χ3n) is 2.38. The summed E-state index contributed by atoms with van der Waals surface area (Å²) in [7, 11) is 4.86. The molecule has 0 spiro atoms. The summed E-state index contributed by atoms with van der Waals surface area (Å²) in [6.07, 6.45) is 0. The van der Waals surface area contributed by atoms with Gasteiger partial charge in [-0.15, -0.1) is 0 Å². The zero-order valence-corrected chi connectivity index (χ0v) is 12.7. The fourth-order valence-corrected chi connectivity index (χ4v) is 1.84. The maximum absolute atomic E-state index is 12.1. The molecule has 0 bridgehead atoms. The molecule has 0 N–H and O–H groups in total. The summed E-state index contributed by atoms with van der Waals surface area (Å²) in [4.78, 5) is 26.4. The zero-order chi connectivity index (χ0) is 13.9. The van der Waals surface area contributed by atoms with Crippen LogP contribution in [0.3, 0.4) is 0 Å². The lowest BCUT2D eigenvalue weighted by atomic mass is 10.2. The van der Waals surface area contributed by atoms with Crippen LogP contribution in [-0.2, 0) is 4.79 Å². The first-order valence-corrected chi connectivity index (χ1v) is 6.40. The van der Waals surface area contributed by atoms with Gasteiger partial charge in [0.2, 0.25) is 5.91 Å². The first-order chi connectivity index (χ1) is 8.32. The van der Waals surface area contributed by atoms with Gasteiger partial charge in [-0.05, 0) is 18.2 Å². The number of halogens is 2. The van der Waals surface area contributed by atoms with Gasteiger partial charge in [-0.1, -0.05) is 27.5 Å². The molecule has 0 saturated carbocycles. The summed E-state index contributed by atoms with van der Waals surface area (Å²) in [6.45, 7) is 0.0225. The molecule has 0 saturated heterocycles. The number of likely N-dealkylation sites (N-methyl/N-ethyl adjacent to an activating group) is 2. The number of carbonyl (C=O) groups is 2. The lowest BCUT2D eigenvalue weighted by Crippen LogP contribution is -2.37. The van der Waals surface area contributed by atoms with Crippen LogP contribution in [0.5, 0.6) is 0 Å². The van der Waals surface area contributed by atoms with Crippen LogP contribution in [0.4, 0.5) is 0 Å². The van der Waals surface area contributed by atoms with E-state index in [0.717, 1.165) is 4.47 Å². The highest BCUT2D eigenvalue weighted by Gasteiger charge is 2.18. The number of benzene rings is 1. The summed E-state index contributed by atoms with van der Waals surface area (Å²) >= 11 is 9.25. The van der Waals surface area contributed by atoms with Gasteiger partial charge in [0.15, 0.2) is 0 Å². The Bertz CT molecular complexity index is 477. The minimum atomic E-state index is -0.281. The van der Waals surface area contributed by atoms with Crippen LogP contribution >= 0.6 is 27.5 Å². The Morgan fingerprint density at radius 2 is 1.89 bits per heavy atom. The van der Waals surface area contributed by atoms with Crippen molar-refractivity contribution in [1.29, 1.82) is 0 Å². The second-order valence-corrected chi connectivity index (χ2v) is 5.40. The second kappa shape index (κ2) is 6.20. The summed E-state index contributed by atoms with van der Waals surface area (Å²) < 4.78 is 0.766. The average molecular weight is 334 g/mol. The summed E-state index contributed by atoms with van der Waals surface area (Å²) in [5, 5.41) is 0.368. The number of hydrogen-bond donors (Lipinski definition) is 0. The van der Waals surface area contributed by atoms with Gasteiger partial charge in [-0.2, -0.15) is 0 Å². The maximum Gasteiger partial charge on any atom is 0.255 e. The van der Waals surface area contributed by atoms with E-state index in [1.807, 2.05) is 0 Å². The minimum absolute atomic E-state index is 0.0225. The van der Waals surface area contributed by atoms with Crippen LogP contribution in [0.25, 0.3) is 0 Å². The molecule has 1 aromatic carbocycles. The van der Waals surface area contributed by atoms with Crippen molar-refractivity contribution in [3.05, 3.63) is 33.3 Å². The molecule has 98 valence electrons. The predicted molar refractivity (Wildman–Crippen MR) is 74.8 cm³/mol. The van der Waals surface area contributed by atoms with Crippen molar-refractivity contribution in [2.75, 3.05) is 27.7 Å². The molecule has 1 rings (SSSR count). The molecule has 0 aliphatic carbocycles. The average Bonchev–Trinajstić information content (AvgIpc) is 2.31. The van der Waals surface area contributed by atoms with Crippen LogP contribution in [0, 0.1) is 0 Å². The van der Waals surface area contributed by atoms with Gasteiger partial charge >= 0.3 is 0 Å². The molecule has 1 aromatic rings. The number of nitrogens with zero attached hydrogens (tertiary/aromatic N) is 2. The van der Waals surface area contributed by atoms with E-state index < -0.39 is 0 Å². The van der Waals surface area contributed by atoms with E-state index in [2.05, 4.69) is 15.9 Å². The van der Waals surface area contributed by atoms with E-state index in [1.54, 1.807) is 39.3 Å². The molecule has 4 nitrogen and oxygen atoms in total. The van der Waals surface area contributed by atoms with E-state index >= 15 is 0 Å². The molecule has 0 aromatic heterocycles. The Morgan fingerprint density at radius 3 is 2.44 bits per heavy atom. The third-order valence-corrected chi connectivity index (χ3v) is 3.20. The molecule has 0 aliphatic rings. The topological polar surface area (TPSA) is 40.6 Å². The van der Waals surface area contributed by atoms with Crippen LogP contribution in [0.1, 0.15) is 10.4 Å². The Kier molecular flexibility index (Phi) is 5.16. The molecule has 0 aliphatic heterocycles. The van der Waals surface area contributed by atoms with E-state index in [-0.39, 0.29) is 18.4 Å². The van der Waals surface area contributed by atoms with Crippen molar-refractivity contribution in [1.82, 2.24) is 9.80 Å². The molecule has 0 atom stereocenters. The first kappa shape index (κ1) is 15.0. The van der Waals surface area contributed by atoms with Gasteiger partial charge in [0.25, 0.3) is 5.91 Å². The molecule has 0 heterocycles. The summed E-state index contributed by atoms with van der Waals surface area (Å²) in [5.74, 6) is -0.423. The Balaban J connectivity index is 2.87. The van der Waals surface area contributed by atoms with E-state index in [4.69, 9.17) is 11.6 Å². The van der Waals surface area contributed by atoms with Crippen molar-refractivity contribution in [3.8, 4) is 0 Å². The fourth-order valence-electron chi connectivity index (χ4n) is 1.28. The molecular formula is C12H14BrClN2O2. The predicted octanol–water partition coefficient (Wildman–Crippen LogP) is 2.26. The Labute approximate surface area is 120 Å². The standard InChI is InChI=1S/C12H14BrClN2O2/c1-15(2)11(17)7-16(3)12(18)9-6-8(13)4-5-10(9)14/h4-6H,7H2,1-3H3. The van der Waals surface area contributed by atoms with Crippen LogP contribution < -0.4 is 0 Å². The van der Waals surface area contributed by atoms with Crippen molar-refractivity contribution < 1.29 is 9.59 Å². The summed E-state index contributed by atoms with van der Waals surface area (Å²) in [5.41, 5.74) is 0.375. The van der Waals surface area contributed by atoms with Gasteiger partial charge < -0.3 is 9.80 Å². The van der Waals surface area contributed by atoms with Crippen LogP contribution in [0.15, 0.2) is 22.7 Å². The van der Waals surface area contributed by atoms with E-state index in [0.29, 0.717) is 10.6 Å². The Morgan fingerprint density at radius 1 is 1.28 bits per heavy atom. The lowest BCUT2D eigenvalue weighted by Gasteiger charge is -2.19. The normalized spacial score (nSPS) is 10.1. The minimum Gasteiger partial charge on any atom is -0.347 e. The number of amides is 2. The zero-order valence-electron chi connectivity index (χ0n) is 10.4. The molecule has 6 heteroatoms. The third kappa shape index (κ3) is 3.71. The largest absolute Gasteiger partial charge is 0.347 e. The molecule has 0 unspecified atom stereocenters. The highest BCUT2D eigenvalue weighted by atomic mass is 79.9. The molecule has 2 amide bonds. The highest BCUT2D eigenvalue weighted by Crippen LogP contribution is 2.22. The van der Waals surface area contributed by atoms with E-state index in [1.165, 1.54) is 9.80 Å². The Hall–Kier alpha value is -1.07. The van der Waals surface area contributed by atoms with Crippen LogP contribution in [0.2, 0.25) is 5.02 Å².